The molecule has 0 atom stereocenters. The first-order valence-electron chi connectivity index (χ1n) is 5.21. The molecule has 0 bridgehead atoms. The van der Waals surface area contributed by atoms with Gasteiger partial charge >= 0.3 is 7.69 Å². The summed E-state index contributed by atoms with van der Waals surface area (Å²) in [6.45, 7) is 0. The highest BCUT2D eigenvalue weighted by Gasteiger charge is 2.04. The summed E-state index contributed by atoms with van der Waals surface area (Å²) in [6, 6.07) is 9.80. The van der Waals surface area contributed by atoms with Crippen LogP contribution in [0.1, 0.15) is 0 Å². The molecule has 0 fully saturated rings. The minimum absolute atomic E-state index is 0.00660. The fourth-order valence-electron chi connectivity index (χ4n) is 1.39. The number of halogens is 4. The molecule has 0 aliphatic heterocycles. The first-order valence-corrected chi connectivity index (χ1v) is 6.72. The molecule has 0 aromatic heterocycles. The maximum Gasteiger partial charge on any atom is 0.576 e. The molecule has 0 saturated heterocycles. The van der Waals surface area contributed by atoms with Crippen molar-refractivity contribution in [1.29, 1.82) is 0 Å². The molecule has 2 rings (SSSR count). The van der Waals surface area contributed by atoms with Crippen LogP contribution in [0.2, 0.25) is 20.1 Å². The van der Waals surface area contributed by atoms with Crippen molar-refractivity contribution in [3.05, 3.63) is 56.5 Å². The standard InChI is InChI=1S/C12H7BCl4O2/c14-7-1-8(15)4-11(3-7)18-13-19-12-5-9(16)2-10(17)6-12/h1-6,13H. The zero-order valence-corrected chi connectivity index (χ0v) is 12.5. The summed E-state index contributed by atoms with van der Waals surface area (Å²) >= 11 is 23.4. The molecule has 2 aromatic carbocycles. The lowest BCUT2D eigenvalue weighted by Crippen LogP contribution is -2.10. The largest absolute Gasteiger partial charge is 0.576 e. The van der Waals surface area contributed by atoms with Crippen LogP contribution in [0.15, 0.2) is 36.4 Å². The fourth-order valence-corrected chi connectivity index (χ4v) is 2.40. The molecule has 0 heterocycles. The van der Waals surface area contributed by atoms with Gasteiger partial charge in [0.2, 0.25) is 0 Å². The SMILES string of the molecule is Clc1cc(Cl)cc(OBOc2cc(Cl)cc(Cl)c2)c1. The Balaban J connectivity index is 1.96. The summed E-state index contributed by atoms with van der Waals surface area (Å²) in [4.78, 5) is 0. The number of benzene rings is 2. The first-order chi connectivity index (χ1) is 9.02. The van der Waals surface area contributed by atoms with Crippen molar-refractivity contribution in [3.8, 4) is 11.5 Å². The van der Waals surface area contributed by atoms with Crippen LogP contribution in [0, 0.1) is 0 Å². The van der Waals surface area contributed by atoms with Crippen molar-refractivity contribution in [1.82, 2.24) is 0 Å². The van der Waals surface area contributed by atoms with E-state index in [9.17, 15) is 0 Å². The van der Waals surface area contributed by atoms with E-state index in [1.165, 1.54) is 0 Å². The smallest absolute Gasteiger partial charge is 0.528 e. The molecule has 7 heteroatoms. The van der Waals surface area contributed by atoms with Crippen molar-refractivity contribution in [2.45, 2.75) is 0 Å². The van der Waals surface area contributed by atoms with Gasteiger partial charge in [0, 0.05) is 20.1 Å². The number of hydrogen-bond donors (Lipinski definition) is 0. The van der Waals surface area contributed by atoms with Gasteiger partial charge in [0.1, 0.15) is 11.5 Å². The lowest BCUT2D eigenvalue weighted by Gasteiger charge is -2.08. The summed E-state index contributed by atoms with van der Waals surface area (Å²) in [5.41, 5.74) is 0. The topological polar surface area (TPSA) is 18.5 Å². The maximum atomic E-state index is 5.85. The van der Waals surface area contributed by atoms with E-state index >= 15 is 0 Å². The highest BCUT2D eigenvalue weighted by molar-refractivity contribution is 6.35. The van der Waals surface area contributed by atoms with Crippen LogP contribution in [0.3, 0.4) is 0 Å². The Kier molecular flexibility index (Phi) is 5.11. The molecule has 0 amide bonds. The zero-order chi connectivity index (χ0) is 13.8. The van der Waals surface area contributed by atoms with E-state index in [4.69, 9.17) is 55.7 Å². The van der Waals surface area contributed by atoms with Gasteiger partial charge < -0.3 is 9.31 Å². The Hall–Kier alpha value is -0.735. The van der Waals surface area contributed by atoms with E-state index in [2.05, 4.69) is 0 Å². The molecule has 98 valence electrons. The van der Waals surface area contributed by atoms with Crippen LogP contribution in [-0.2, 0) is 0 Å². The van der Waals surface area contributed by atoms with E-state index in [1.54, 1.807) is 36.4 Å². The molecule has 0 N–H and O–H groups in total. The van der Waals surface area contributed by atoms with Gasteiger partial charge in [-0.1, -0.05) is 46.4 Å². The Morgan fingerprint density at radius 1 is 0.579 bits per heavy atom. The quantitative estimate of drug-likeness (QED) is 0.730. The van der Waals surface area contributed by atoms with Crippen molar-refractivity contribution in [3.63, 3.8) is 0 Å². The lowest BCUT2D eigenvalue weighted by molar-refractivity contribution is 0.459. The second-order valence-electron chi connectivity index (χ2n) is 3.62. The summed E-state index contributed by atoms with van der Waals surface area (Å²) in [5, 5.41) is 1.98. The van der Waals surface area contributed by atoms with Crippen molar-refractivity contribution >= 4 is 54.1 Å². The van der Waals surface area contributed by atoms with Crippen LogP contribution in [0.5, 0.6) is 11.5 Å². The van der Waals surface area contributed by atoms with Gasteiger partial charge in [-0.15, -0.1) is 0 Å². The summed E-state index contributed by atoms with van der Waals surface area (Å²) in [6.07, 6.45) is 0. The third-order valence-corrected chi connectivity index (χ3v) is 3.00. The summed E-state index contributed by atoms with van der Waals surface area (Å²) < 4.78 is 10.7. The second-order valence-corrected chi connectivity index (χ2v) is 5.36. The van der Waals surface area contributed by atoms with Gasteiger partial charge in [0.25, 0.3) is 0 Å². The molecule has 0 aliphatic rings. The van der Waals surface area contributed by atoms with Crippen LogP contribution in [0.25, 0.3) is 0 Å². The summed E-state index contributed by atoms with van der Waals surface area (Å²) in [7, 11) is -0.00660. The van der Waals surface area contributed by atoms with Gasteiger partial charge in [-0.3, -0.25) is 0 Å². The minimum Gasteiger partial charge on any atom is -0.528 e. The molecule has 0 spiro atoms. The monoisotopic (exact) mass is 334 g/mol. The molecule has 19 heavy (non-hydrogen) atoms. The Morgan fingerprint density at radius 3 is 1.21 bits per heavy atom. The van der Waals surface area contributed by atoms with Crippen LogP contribution in [0.4, 0.5) is 0 Å². The fraction of sp³-hybridized carbons (Fsp3) is 0. The molecule has 2 nitrogen and oxygen atoms in total. The van der Waals surface area contributed by atoms with Gasteiger partial charge in [-0.2, -0.15) is 0 Å². The molecular weight excluding hydrogens is 329 g/mol. The minimum atomic E-state index is -0.00660. The summed E-state index contributed by atoms with van der Waals surface area (Å²) in [5.74, 6) is 1.04. The van der Waals surface area contributed by atoms with E-state index < -0.39 is 0 Å². The molecule has 0 unspecified atom stereocenters. The molecule has 2 aromatic rings. The highest BCUT2D eigenvalue weighted by Crippen LogP contribution is 2.25. The molecule has 0 aliphatic carbocycles. The third-order valence-electron chi connectivity index (χ3n) is 2.12. The van der Waals surface area contributed by atoms with Gasteiger partial charge in [0.05, 0.1) is 0 Å². The maximum absolute atomic E-state index is 5.85. The zero-order valence-electron chi connectivity index (χ0n) is 9.50. The highest BCUT2D eigenvalue weighted by atomic mass is 35.5. The van der Waals surface area contributed by atoms with Crippen molar-refractivity contribution in [2.24, 2.45) is 0 Å². The third kappa shape index (κ3) is 4.70. The van der Waals surface area contributed by atoms with Gasteiger partial charge in [0.15, 0.2) is 0 Å². The predicted octanol–water partition coefficient (Wildman–Crippen LogP) is 5.02. The van der Waals surface area contributed by atoms with Crippen molar-refractivity contribution in [2.75, 3.05) is 0 Å². The van der Waals surface area contributed by atoms with Crippen LogP contribution >= 0.6 is 46.4 Å². The van der Waals surface area contributed by atoms with E-state index in [1.807, 2.05) is 0 Å². The second kappa shape index (κ2) is 6.62. The predicted molar refractivity (Wildman–Crippen MR) is 81.3 cm³/mol. The molecular formula is C12H7BCl4O2. The Bertz CT molecular complexity index is 500. The van der Waals surface area contributed by atoms with Gasteiger partial charge in [-0.05, 0) is 36.4 Å². The molecule has 0 saturated carbocycles. The lowest BCUT2D eigenvalue weighted by atomic mass is 10.3. The van der Waals surface area contributed by atoms with Gasteiger partial charge in [-0.25, -0.2) is 0 Å². The van der Waals surface area contributed by atoms with Crippen LogP contribution < -0.4 is 9.31 Å². The average Bonchev–Trinajstić information content (AvgIpc) is 2.26. The van der Waals surface area contributed by atoms with Crippen LogP contribution in [-0.4, -0.2) is 7.69 Å². The van der Waals surface area contributed by atoms with Crippen molar-refractivity contribution < 1.29 is 9.31 Å². The van der Waals surface area contributed by atoms with E-state index in [0.29, 0.717) is 31.6 Å². The van der Waals surface area contributed by atoms with E-state index in [-0.39, 0.29) is 7.69 Å². The number of hydrogen-bond acceptors (Lipinski definition) is 2. The normalized spacial score (nSPS) is 10.1. The average molecular weight is 336 g/mol. The van der Waals surface area contributed by atoms with E-state index in [0.717, 1.165) is 0 Å². The Labute approximate surface area is 131 Å². The molecule has 0 radical (unpaired) electrons. The first kappa shape index (κ1) is 14.7. The Morgan fingerprint density at radius 2 is 0.895 bits per heavy atom. The number of rotatable bonds is 4.